The molecule has 1 N–H and O–H groups in total. The van der Waals surface area contributed by atoms with Gasteiger partial charge in [-0.15, -0.1) is 0 Å². The molecule has 5 heteroatoms. The third kappa shape index (κ3) is 4.45. The number of hydrogen-bond acceptors (Lipinski definition) is 4. The van der Waals surface area contributed by atoms with Gasteiger partial charge in [0, 0.05) is 13.6 Å². The number of rotatable bonds is 7. The number of pyridine rings is 1. The fourth-order valence-corrected chi connectivity index (χ4v) is 2.20. The van der Waals surface area contributed by atoms with Gasteiger partial charge in [-0.1, -0.05) is 25.5 Å². The van der Waals surface area contributed by atoms with Gasteiger partial charge in [0.05, 0.1) is 24.7 Å². The summed E-state index contributed by atoms with van der Waals surface area (Å²) in [6.45, 7) is 3.14. The number of anilines is 2. The standard InChI is InChI=1S/C18H23N3O2/c1-4-5-12-21(2)14-10-11-16(19-13-14)18(22)20-15-8-6-7-9-17(15)23-3/h6-11,13H,4-5,12H2,1-3H3,(H,20,22). The quantitative estimate of drug-likeness (QED) is 0.849. The molecule has 0 aliphatic heterocycles. The fourth-order valence-electron chi connectivity index (χ4n) is 2.20. The van der Waals surface area contributed by atoms with Crippen LogP contribution in [-0.4, -0.2) is 31.6 Å². The predicted molar refractivity (Wildman–Crippen MR) is 93.4 cm³/mol. The van der Waals surface area contributed by atoms with Crippen LogP contribution >= 0.6 is 0 Å². The number of amides is 1. The van der Waals surface area contributed by atoms with Crippen molar-refractivity contribution in [1.82, 2.24) is 4.98 Å². The van der Waals surface area contributed by atoms with Gasteiger partial charge in [-0.05, 0) is 30.7 Å². The van der Waals surface area contributed by atoms with Crippen molar-refractivity contribution in [1.29, 1.82) is 0 Å². The van der Waals surface area contributed by atoms with Crippen molar-refractivity contribution in [2.24, 2.45) is 0 Å². The van der Waals surface area contributed by atoms with E-state index in [0.717, 1.165) is 25.1 Å². The first-order chi connectivity index (χ1) is 11.2. The highest BCUT2D eigenvalue weighted by Crippen LogP contribution is 2.23. The van der Waals surface area contributed by atoms with Gasteiger partial charge in [-0.25, -0.2) is 4.98 Å². The van der Waals surface area contributed by atoms with E-state index < -0.39 is 0 Å². The van der Waals surface area contributed by atoms with Crippen LogP contribution in [0.5, 0.6) is 5.75 Å². The van der Waals surface area contributed by atoms with Crippen LogP contribution < -0.4 is 15.0 Å². The minimum atomic E-state index is -0.253. The Balaban J connectivity index is 2.05. The molecule has 0 saturated carbocycles. The molecular weight excluding hydrogens is 290 g/mol. The summed E-state index contributed by atoms with van der Waals surface area (Å²) >= 11 is 0. The van der Waals surface area contributed by atoms with Crippen molar-refractivity contribution < 1.29 is 9.53 Å². The summed E-state index contributed by atoms with van der Waals surface area (Å²) in [5.74, 6) is 0.369. The van der Waals surface area contributed by atoms with Gasteiger partial charge in [0.25, 0.3) is 5.91 Å². The van der Waals surface area contributed by atoms with Crippen LogP contribution in [0.15, 0.2) is 42.6 Å². The molecule has 1 aromatic carbocycles. The Kier molecular flexibility index (Phi) is 5.97. The Morgan fingerprint density at radius 2 is 2.04 bits per heavy atom. The topological polar surface area (TPSA) is 54.5 Å². The number of carbonyl (C=O) groups excluding carboxylic acids is 1. The van der Waals surface area contributed by atoms with Crippen molar-refractivity contribution in [2.45, 2.75) is 19.8 Å². The van der Waals surface area contributed by atoms with E-state index >= 15 is 0 Å². The number of carbonyl (C=O) groups is 1. The molecule has 1 aromatic heterocycles. The maximum absolute atomic E-state index is 12.3. The van der Waals surface area contributed by atoms with Crippen LogP contribution in [0.4, 0.5) is 11.4 Å². The van der Waals surface area contributed by atoms with Gasteiger partial charge in [-0.3, -0.25) is 4.79 Å². The molecule has 0 bridgehead atoms. The summed E-state index contributed by atoms with van der Waals surface area (Å²) in [6.07, 6.45) is 4.01. The van der Waals surface area contributed by atoms with E-state index in [2.05, 4.69) is 22.1 Å². The maximum atomic E-state index is 12.3. The smallest absolute Gasteiger partial charge is 0.274 e. The lowest BCUT2D eigenvalue weighted by Crippen LogP contribution is -2.19. The molecule has 122 valence electrons. The molecule has 1 heterocycles. The number of benzene rings is 1. The first-order valence-electron chi connectivity index (χ1n) is 7.77. The lowest BCUT2D eigenvalue weighted by molar-refractivity contribution is 0.102. The van der Waals surface area contributed by atoms with E-state index in [4.69, 9.17) is 4.74 Å². The summed E-state index contributed by atoms with van der Waals surface area (Å²) < 4.78 is 5.23. The highest BCUT2D eigenvalue weighted by atomic mass is 16.5. The number of unbranched alkanes of at least 4 members (excludes halogenated alkanes) is 1. The van der Waals surface area contributed by atoms with E-state index in [9.17, 15) is 4.79 Å². The number of aromatic nitrogens is 1. The largest absolute Gasteiger partial charge is 0.495 e. The maximum Gasteiger partial charge on any atom is 0.274 e. The molecule has 2 aromatic rings. The molecule has 0 spiro atoms. The highest BCUT2D eigenvalue weighted by Gasteiger charge is 2.11. The average molecular weight is 313 g/mol. The summed E-state index contributed by atoms with van der Waals surface area (Å²) in [6, 6.07) is 11.0. The SMILES string of the molecule is CCCCN(C)c1ccc(C(=O)Nc2ccccc2OC)nc1. The number of hydrogen-bond donors (Lipinski definition) is 1. The lowest BCUT2D eigenvalue weighted by Gasteiger charge is -2.18. The zero-order valence-corrected chi connectivity index (χ0v) is 13.9. The Morgan fingerprint density at radius 1 is 1.26 bits per heavy atom. The Hall–Kier alpha value is -2.56. The van der Waals surface area contributed by atoms with Crippen LogP contribution in [0.3, 0.4) is 0 Å². The van der Waals surface area contributed by atoms with Crippen LogP contribution in [0.25, 0.3) is 0 Å². The number of para-hydroxylation sites is 2. The van der Waals surface area contributed by atoms with Gasteiger partial charge in [0.15, 0.2) is 0 Å². The average Bonchev–Trinajstić information content (AvgIpc) is 2.60. The highest BCUT2D eigenvalue weighted by molar-refractivity contribution is 6.03. The van der Waals surface area contributed by atoms with Gasteiger partial charge in [0.2, 0.25) is 0 Å². The molecule has 2 rings (SSSR count). The minimum Gasteiger partial charge on any atom is -0.495 e. The summed E-state index contributed by atoms with van der Waals surface area (Å²) in [5.41, 5.74) is 2.02. The molecule has 5 nitrogen and oxygen atoms in total. The molecule has 0 fully saturated rings. The first-order valence-corrected chi connectivity index (χ1v) is 7.77. The predicted octanol–water partition coefficient (Wildman–Crippen LogP) is 3.58. The van der Waals surface area contributed by atoms with E-state index in [0.29, 0.717) is 17.1 Å². The normalized spacial score (nSPS) is 10.2. The van der Waals surface area contributed by atoms with Crippen LogP contribution in [0.1, 0.15) is 30.3 Å². The second-order valence-corrected chi connectivity index (χ2v) is 5.33. The van der Waals surface area contributed by atoms with Crippen LogP contribution in [-0.2, 0) is 0 Å². The molecular formula is C18H23N3O2. The summed E-state index contributed by atoms with van der Waals surface area (Å²) in [4.78, 5) is 18.7. The Bertz CT molecular complexity index is 641. The molecule has 0 atom stereocenters. The van der Waals surface area contributed by atoms with Crippen molar-refractivity contribution in [3.8, 4) is 5.75 Å². The third-order valence-corrected chi connectivity index (χ3v) is 3.62. The molecule has 0 radical (unpaired) electrons. The van der Waals surface area contributed by atoms with Crippen molar-refractivity contribution in [3.63, 3.8) is 0 Å². The summed E-state index contributed by atoms with van der Waals surface area (Å²) in [7, 11) is 3.60. The molecule has 0 unspecified atom stereocenters. The molecule has 0 aliphatic rings. The van der Waals surface area contributed by atoms with E-state index in [1.807, 2.05) is 25.2 Å². The number of methoxy groups -OCH3 is 1. The van der Waals surface area contributed by atoms with Crippen molar-refractivity contribution >= 4 is 17.3 Å². The molecule has 0 saturated heterocycles. The van der Waals surface area contributed by atoms with E-state index in [1.165, 1.54) is 0 Å². The van der Waals surface area contributed by atoms with Crippen molar-refractivity contribution in [2.75, 3.05) is 30.9 Å². The lowest BCUT2D eigenvalue weighted by atomic mass is 10.2. The third-order valence-electron chi connectivity index (χ3n) is 3.62. The number of ether oxygens (including phenoxy) is 1. The number of nitrogens with zero attached hydrogens (tertiary/aromatic N) is 2. The molecule has 23 heavy (non-hydrogen) atoms. The van der Waals surface area contributed by atoms with Crippen molar-refractivity contribution in [3.05, 3.63) is 48.3 Å². The number of nitrogens with one attached hydrogen (secondary N) is 1. The monoisotopic (exact) mass is 313 g/mol. The van der Waals surface area contributed by atoms with E-state index in [-0.39, 0.29) is 5.91 Å². The minimum absolute atomic E-state index is 0.253. The van der Waals surface area contributed by atoms with Gasteiger partial charge < -0.3 is 15.0 Å². The van der Waals surface area contributed by atoms with Gasteiger partial charge in [-0.2, -0.15) is 0 Å². The van der Waals surface area contributed by atoms with Crippen LogP contribution in [0.2, 0.25) is 0 Å². The Morgan fingerprint density at radius 3 is 2.70 bits per heavy atom. The second-order valence-electron chi connectivity index (χ2n) is 5.33. The molecule has 0 aliphatic carbocycles. The van der Waals surface area contributed by atoms with E-state index in [1.54, 1.807) is 31.5 Å². The molecule has 1 amide bonds. The van der Waals surface area contributed by atoms with Gasteiger partial charge >= 0.3 is 0 Å². The fraction of sp³-hybridized carbons (Fsp3) is 0.333. The van der Waals surface area contributed by atoms with Gasteiger partial charge in [0.1, 0.15) is 11.4 Å². The second kappa shape index (κ2) is 8.17. The van der Waals surface area contributed by atoms with Crippen LogP contribution in [0, 0.1) is 0 Å². The summed E-state index contributed by atoms with van der Waals surface area (Å²) in [5, 5.41) is 2.82. The Labute approximate surface area is 137 Å². The zero-order chi connectivity index (χ0) is 16.7. The first kappa shape index (κ1) is 16.8. The zero-order valence-electron chi connectivity index (χ0n) is 13.9.